The lowest BCUT2D eigenvalue weighted by molar-refractivity contribution is -0.384. The average molecular weight is 354 g/mol. The smallest absolute Gasteiger partial charge is 0.267 e. The monoisotopic (exact) mass is 354 g/mol. The number of nitro groups is 1. The summed E-state index contributed by atoms with van der Waals surface area (Å²) in [6, 6.07) is 10.1. The molecule has 0 unspecified atom stereocenters. The summed E-state index contributed by atoms with van der Waals surface area (Å²) in [5.41, 5.74) is 5.98. The van der Waals surface area contributed by atoms with Gasteiger partial charge in [0.25, 0.3) is 17.5 Å². The van der Waals surface area contributed by atoms with Crippen molar-refractivity contribution >= 4 is 28.5 Å². The number of rotatable bonds is 4. The van der Waals surface area contributed by atoms with Crippen LogP contribution >= 0.6 is 0 Å². The van der Waals surface area contributed by atoms with E-state index in [1.807, 2.05) is 6.92 Å². The Hall–Kier alpha value is -3.82. The maximum absolute atomic E-state index is 12.2. The van der Waals surface area contributed by atoms with Crippen LogP contribution in [0.15, 0.2) is 42.5 Å². The molecule has 2 aromatic carbocycles. The van der Waals surface area contributed by atoms with Gasteiger partial charge >= 0.3 is 0 Å². The Morgan fingerprint density at radius 2 is 1.81 bits per heavy atom. The maximum atomic E-state index is 12.2. The van der Waals surface area contributed by atoms with Crippen molar-refractivity contribution in [2.75, 3.05) is 0 Å². The predicted octanol–water partition coefficient (Wildman–Crippen LogP) is 1.43. The molecular weight excluding hydrogens is 340 g/mol. The SMILES string of the molecule is CCn1nnc2cc(C(=O)NNC(=O)c3cccc([N+](=O)[O-])c3)ccc21. The van der Waals surface area contributed by atoms with Gasteiger partial charge in [0.1, 0.15) is 5.52 Å². The van der Waals surface area contributed by atoms with E-state index in [0.29, 0.717) is 17.6 Å². The van der Waals surface area contributed by atoms with Crippen LogP contribution < -0.4 is 10.9 Å². The number of carbonyl (C=O) groups excluding carboxylic acids is 2. The number of amides is 2. The van der Waals surface area contributed by atoms with E-state index in [2.05, 4.69) is 21.2 Å². The van der Waals surface area contributed by atoms with Gasteiger partial charge in [0.2, 0.25) is 0 Å². The van der Waals surface area contributed by atoms with E-state index in [1.165, 1.54) is 18.2 Å². The minimum absolute atomic E-state index is 0.0563. The van der Waals surface area contributed by atoms with Gasteiger partial charge in [0.05, 0.1) is 10.4 Å². The highest BCUT2D eigenvalue weighted by Gasteiger charge is 2.14. The summed E-state index contributed by atoms with van der Waals surface area (Å²) in [4.78, 5) is 34.4. The van der Waals surface area contributed by atoms with E-state index < -0.39 is 16.7 Å². The van der Waals surface area contributed by atoms with E-state index >= 15 is 0 Å². The van der Waals surface area contributed by atoms with Gasteiger partial charge in [-0.25, -0.2) is 4.68 Å². The van der Waals surface area contributed by atoms with Crippen LogP contribution in [0.5, 0.6) is 0 Å². The van der Waals surface area contributed by atoms with Gasteiger partial charge in [0, 0.05) is 29.8 Å². The van der Waals surface area contributed by atoms with Crippen molar-refractivity contribution in [1.82, 2.24) is 25.8 Å². The van der Waals surface area contributed by atoms with Gasteiger partial charge in [-0.1, -0.05) is 11.3 Å². The molecule has 0 bridgehead atoms. The molecule has 0 aliphatic carbocycles. The van der Waals surface area contributed by atoms with Crippen molar-refractivity contribution in [2.45, 2.75) is 13.5 Å². The van der Waals surface area contributed by atoms with E-state index in [0.717, 1.165) is 11.6 Å². The summed E-state index contributed by atoms with van der Waals surface area (Å²) >= 11 is 0. The lowest BCUT2D eigenvalue weighted by Gasteiger charge is -2.07. The molecule has 0 saturated carbocycles. The van der Waals surface area contributed by atoms with Crippen molar-refractivity contribution in [3.8, 4) is 0 Å². The molecule has 0 aliphatic rings. The summed E-state index contributed by atoms with van der Waals surface area (Å²) in [6.07, 6.45) is 0. The lowest BCUT2D eigenvalue weighted by Crippen LogP contribution is -2.41. The number of hydrazine groups is 1. The molecule has 132 valence electrons. The summed E-state index contributed by atoms with van der Waals surface area (Å²) in [7, 11) is 0. The fraction of sp³-hybridized carbons (Fsp3) is 0.125. The second-order valence-corrected chi connectivity index (χ2v) is 5.32. The molecule has 0 spiro atoms. The minimum Gasteiger partial charge on any atom is -0.267 e. The van der Waals surface area contributed by atoms with Crippen LogP contribution in [0.2, 0.25) is 0 Å². The van der Waals surface area contributed by atoms with Crippen molar-refractivity contribution in [1.29, 1.82) is 0 Å². The number of nitro benzene ring substituents is 1. The molecule has 2 N–H and O–H groups in total. The van der Waals surface area contributed by atoms with Gasteiger partial charge in [-0.05, 0) is 31.2 Å². The van der Waals surface area contributed by atoms with Crippen LogP contribution in [0.3, 0.4) is 0 Å². The highest BCUT2D eigenvalue weighted by atomic mass is 16.6. The molecule has 0 aliphatic heterocycles. The molecule has 3 aromatic rings. The third-order valence-electron chi connectivity index (χ3n) is 3.68. The van der Waals surface area contributed by atoms with Crippen molar-refractivity contribution < 1.29 is 14.5 Å². The fourth-order valence-electron chi connectivity index (χ4n) is 2.37. The Bertz CT molecular complexity index is 1010. The Morgan fingerprint density at radius 3 is 2.46 bits per heavy atom. The normalized spacial score (nSPS) is 10.5. The van der Waals surface area contributed by atoms with E-state index in [4.69, 9.17) is 0 Å². The van der Waals surface area contributed by atoms with Crippen molar-refractivity contribution in [3.05, 3.63) is 63.7 Å². The molecule has 10 heteroatoms. The van der Waals surface area contributed by atoms with E-state index in [-0.39, 0.29) is 11.3 Å². The largest absolute Gasteiger partial charge is 0.270 e. The summed E-state index contributed by atoms with van der Waals surface area (Å²) in [5.74, 6) is -1.21. The molecule has 0 atom stereocenters. The van der Waals surface area contributed by atoms with Gasteiger partial charge < -0.3 is 0 Å². The zero-order chi connectivity index (χ0) is 18.7. The highest BCUT2D eigenvalue weighted by molar-refractivity contribution is 6.00. The molecule has 1 aromatic heterocycles. The number of non-ortho nitro benzene ring substituents is 1. The summed E-state index contributed by atoms with van der Waals surface area (Å²) < 4.78 is 1.70. The van der Waals surface area contributed by atoms with Crippen LogP contribution in [0.25, 0.3) is 11.0 Å². The maximum Gasteiger partial charge on any atom is 0.270 e. The number of nitrogens with one attached hydrogen (secondary N) is 2. The van der Waals surface area contributed by atoms with Gasteiger partial charge in [-0.2, -0.15) is 0 Å². The third-order valence-corrected chi connectivity index (χ3v) is 3.68. The number of benzene rings is 2. The Balaban J connectivity index is 1.69. The second-order valence-electron chi connectivity index (χ2n) is 5.32. The van der Waals surface area contributed by atoms with Gasteiger partial charge in [0.15, 0.2) is 0 Å². The number of hydrogen-bond acceptors (Lipinski definition) is 6. The minimum atomic E-state index is -0.667. The third kappa shape index (κ3) is 3.34. The van der Waals surface area contributed by atoms with Gasteiger partial charge in [-0.3, -0.25) is 30.6 Å². The van der Waals surface area contributed by atoms with Crippen LogP contribution in [0.4, 0.5) is 5.69 Å². The first-order chi connectivity index (χ1) is 12.5. The molecule has 0 saturated heterocycles. The number of hydrogen-bond donors (Lipinski definition) is 2. The standard InChI is InChI=1S/C16H14N6O4/c1-2-21-14-7-6-11(9-13(14)17-20-21)16(24)19-18-15(23)10-4-3-5-12(8-10)22(25)26/h3-9H,2H2,1H3,(H,18,23)(H,19,24). The van der Waals surface area contributed by atoms with Crippen LogP contribution in [-0.2, 0) is 6.54 Å². The quantitative estimate of drug-likeness (QED) is 0.538. The average Bonchev–Trinajstić information content (AvgIpc) is 3.08. The number of aromatic nitrogens is 3. The molecule has 10 nitrogen and oxygen atoms in total. The molecular formula is C16H14N6O4. The van der Waals surface area contributed by atoms with E-state index in [9.17, 15) is 19.7 Å². The zero-order valence-electron chi connectivity index (χ0n) is 13.7. The molecule has 1 heterocycles. The predicted molar refractivity (Wildman–Crippen MR) is 91.2 cm³/mol. The van der Waals surface area contributed by atoms with Crippen LogP contribution in [0.1, 0.15) is 27.6 Å². The first-order valence-corrected chi connectivity index (χ1v) is 7.68. The Labute approximate surface area is 146 Å². The number of fused-ring (bicyclic) bond motifs is 1. The molecule has 26 heavy (non-hydrogen) atoms. The van der Waals surface area contributed by atoms with Crippen molar-refractivity contribution in [2.24, 2.45) is 0 Å². The first kappa shape index (κ1) is 17.0. The van der Waals surface area contributed by atoms with Crippen LogP contribution in [-0.4, -0.2) is 31.7 Å². The van der Waals surface area contributed by atoms with Crippen LogP contribution in [0, 0.1) is 10.1 Å². The number of aryl methyl sites for hydroxylation is 1. The molecule has 0 fully saturated rings. The second kappa shape index (κ2) is 6.97. The lowest BCUT2D eigenvalue weighted by atomic mass is 10.2. The summed E-state index contributed by atoms with van der Waals surface area (Å²) in [5, 5.41) is 18.7. The molecule has 2 amide bonds. The molecule has 3 rings (SSSR count). The Kier molecular flexibility index (Phi) is 4.56. The van der Waals surface area contributed by atoms with Gasteiger partial charge in [-0.15, -0.1) is 5.10 Å². The zero-order valence-corrected chi connectivity index (χ0v) is 13.7. The van der Waals surface area contributed by atoms with E-state index in [1.54, 1.807) is 22.9 Å². The highest BCUT2D eigenvalue weighted by Crippen LogP contribution is 2.14. The number of nitrogens with zero attached hydrogens (tertiary/aromatic N) is 4. The molecule has 0 radical (unpaired) electrons. The fourth-order valence-corrected chi connectivity index (χ4v) is 2.37. The summed E-state index contributed by atoms with van der Waals surface area (Å²) in [6.45, 7) is 2.58. The Morgan fingerprint density at radius 1 is 1.12 bits per heavy atom. The number of carbonyl (C=O) groups is 2. The van der Waals surface area contributed by atoms with Crippen molar-refractivity contribution in [3.63, 3.8) is 0 Å². The first-order valence-electron chi connectivity index (χ1n) is 7.68. The topological polar surface area (TPSA) is 132 Å².